The third-order valence-electron chi connectivity index (χ3n) is 3.94. The van der Waals surface area contributed by atoms with E-state index in [-0.39, 0.29) is 23.0 Å². The van der Waals surface area contributed by atoms with Gasteiger partial charge in [0.2, 0.25) is 0 Å². The molecule has 0 aliphatic heterocycles. The summed E-state index contributed by atoms with van der Waals surface area (Å²) in [5, 5.41) is 5.74. The van der Waals surface area contributed by atoms with Crippen LogP contribution in [0.4, 0.5) is 40.6 Å². The Morgan fingerprint density at radius 1 is 0.536 bits per heavy atom. The molecular formula is C20H12F4N4. The first-order chi connectivity index (χ1) is 13.5. The number of nitrogens with one attached hydrogen (secondary N) is 2. The molecule has 0 atom stereocenters. The molecule has 0 amide bonds. The summed E-state index contributed by atoms with van der Waals surface area (Å²) >= 11 is 0. The second kappa shape index (κ2) is 7.15. The number of benzene rings is 3. The molecule has 8 heteroatoms. The van der Waals surface area contributed by atoms with Crippen LogP contribution in [-0.2, 0) is 0 Å². The maximum Gasteiger partial charge on any atom is 0.174 e. The number of anilines is 4. The van der Waals surface area contributed by atoms with Gasteiger partial charge in [0.25, 0.3) is 0 Å². The standard InChI is InChI=1S/C20H12F4N4/c21-13-7-5-11(9-15(13)23)25-19-20(26-12-6-8-14(22)16(24)10-12)28-18-4-2-1-3-17(18)27-19/h1-10H,(H,25,27)(H,26,28). The number of fused-ring (bicyclic) bond motifs is 1. The highest BCUT2D eigenvalue weighted by Gasteiger charge is 2.12. The zero-order valence-corrected chi connectivity index (χ0v) is 14.2. The van der Waals surface area contributed by atoms with Crippen molar-refractivity contribution in [2.75, 3.05) is 10.6 Å². The van der Waals surface area contributed by atoms with Gasteiger partial charge in [-0.2, -0.15) is 0 Å². The number of para-hydroxylation sites is 2. The van der Waals surface area contributed by atoms with Crippen LogP contribution in [0.1, 0.15) is 0 Å². The highest BCUT2D eigenvalue weighted by Crippen LogP contribution is 2.28. The van der Waals surface area contributed by atoms with Crippen molar-refractivity contribution in [3.63, 3.8) is 0 Å². The van der Waals surface area contributed by atoms with Crippen LogP contribution in [0.25, 0.3) is 11.0 Å². The molecule has 2 N–H and O–H groups in total. The Labute approximate surface area is 156 Å². The van der Waals surface area contributed by atoms with Crippen LogP contribution >= 0.6 is 0 Å². The van der Waals surface area contributed by atoms with E-state index in [9.17, 15) is 17.6 Å². The van der Waals surface area contributed by atoms with E-state index in [2.05, 4.69) is 20.6 Å². The minimum Gasteiger partial charge on any atom is -0.337 e. The van der Waals surface area contributed by atoms with E-state index < -0.39 is 23.3 Å². The number of hydrogen-bond acceptors (Lipinski definition) is 4. The second-order valence-corrected chi connectivity index (χ2v) is 5.92. The van der Waals surface area contributed by atoms with Crippen molar-refractivity contribution in [2.24, 2.45) is 0 Å². The topological polar surface area (TPSA) is 49.8 Å². The summed E-state index contributed by atoms with van der Waals surface area (Å²) in [4.78, 5) is 8.88. The highest BCUT2D eigenvalue weighted by molar-refractivity contribution is 5.83. The molecule has 0 radical (unpaired) electrons. The van der Waals surface area contributed by atoms with Crippen LogP contribution in [0.5, 0.6) is 0 Å². The minimum absolute atomic E-state index is 0.203. The van der Waals surface area contributed by atoms with Crippen LogP contribution < -0.4 is 10.6 Å². The Morgan fingerprint density at radius 3 is 1.36 bits per heavy atom. The van der Waals surface area contributed by atoms with Crippen LogP contribution in [0.15, 0.2) is 60.7 Å². The fraction of sp³-hybridized carbons (Fsp3) is 0. The van der Waals surface area contributed by atoms with E-state index in [1.165, 1.54) is 12.1 Å². The average Bonchev–Trinajstić information content (AvgIpc) is 2.68. The van der Waals surface area contributed by atoms with Crippen molar-refractivity contribution < 1.29 is 17.6 Å². The Balaban J connectivity index is 1.77. The van der Waals surface area contributed by atoms with E-state index in [4.69, 9.17) is 0 Å². The molecule has 3 aromatic carbocycles. The number of nitrogens with zero attached hydrogens (tertiary/aromatic N) is 2. The lowest BCUT2D eigenvalue weighted by atomic mass is 10.2. The van der Waals surface area contributed by atoms with E-state index in [1.54, 1.807) is 24.3 Å². The fourth-order valence-electron chi connectivity index (χ4n) is 2.60. The van der Waals surface area contributed by atoms with Crippen molar-refractivity contribution in [2.45, 2.75) is 0 Å². The van der Waals surface area contributed by atoms with Gasteiger partial charge >= 0.3 is 0 Å². The van der Waals surface area contributed by atoms with Crippen LogP contribution in [0.3, 0.4) is 0 Å². The third-order valence-corrected chi connectivity index (χ3v) is 3.94. The summed E-state index contributed by atoms with van der Waals surface area (Å²) in [5.74, 6) is -3.59. The average molecular weight is 384 g/mol. The van der Waals surface area contributed by atoms with E-state index >= 15 is 0 Å². The zero-order valence-electron chi connectivity index (χ0n) is 14.2. The van der Waals surface area contributed by atoms with E-state index in [0.29, 0.717) is 11.0 Å². The molecule has 1 heterocycles. The molecule has 0 saturated carbocycles. The van der Waals surface area contributed by atoms with Crippen LogP contribution in [0, 0.1) is 23.3 Å². The predicted octanol–water partition coefficient (Wildman–Crippen LogP) is 5.67. The maximum absolute atomic E-state index is 13.5. The molecule has 0 aliphatic rings. The second-order valence-electron chi connectivity index (χ2n) is 5.92. The molecular weight excluding hydrogens is 372 g/mol. The summed E-state index contributed by atoms with van der Waals surface area (Å²) in [6.07, 6.45) is 0. The molecule has 4 aromatic rings. The number of rotatable bonds is 4. The monoisotopic (exact) mass is 384 g/mol. The van der Waals surface area contributed by atoms with Gasteiger partial charge in [0.15, 0.2) is 34.9 Å². The van der Waals surface area contributed by atoms with Gasteiger partial charge in [0.1, 0.15) is 0 Å². The Bertz CT molecular complexity index is 1090. The first-order valence-electron chi connectivity index (χ1n) is 8.20. The molecule has 28 heavy (non-hydrogen) atoms. The lowest BCUT2D eigenvalue weighted by Crippen LogP contribution is -2.04. The molecule has 1 aromatic heterocycles. The normalized spacial score (nSPS) is 10.9. The molecule has 4 rings (SSSR count). The highest BCUT2D eigenvalue weighted by atomic mass is 19.2. The zero-order chi connectivity index (χ0) is 19.7. The molecule has 0 saturated heterocycles. The Morgan fingerprint density at radius 2 is 0.964 bits per heavy atom. The minimum atomic E-state index is -1.02. The van der Waals surface area contributed by atoms with Crippen molar-refractivity contribution >= 4 is 34.0 Å². The molecule has 0 fully saturated rings. The Hall–Kier alpha value is -3.68. The van der Waals surface area contributed by atoms with Crippen molar-refractivity contribution in [3.8, 4) is 0 Å². The SMILES string of the molecule is Fc1ccc(Nc2nc3ccccc3nc2Nc2ccc(F)c(F)c2)cc1F. The van der Waals surface area contributed by atoms with Gasteiger partial charge in [-0.15, -0.1) is 0 Å². The van der Waals surface area contributed by atoms with Gasteiger partial charge < -0.3 is 10.6 Å². The summed E-state index contributed by atoms with van der Waals surface area (Å²) in [6.45, 7) is 0. The van der Waals surface area contributed by atoms with Crippen molar-refractivity contribution in [3.05, 3.63) is 83.9 Å². The van der Waals surface area contributed by atoms with Gasteiger partial charge in [-0.3, -0.25) is 0 Å². The summed E-state index contributed by atoms with van der Waals surface area (Å²) in [7, 11) is 0. The molecule has 4 nitrogen and oxygen atoms in total. The van der Waals surface area contributed by atoms with Crippen LogP contribution in [-0.4, -0.2) is 9.97 Å². The van der Waals surface area contributed by atoms with Gasteiger partial charge in [-0.05, 0) is 36.4 Å². The largest absolute Gasteiger partial charge is 0.337 e. The predicted molar refractivity (Wildman–Crippen MR) is 98.8 cm³/mol. The van der Waals surface area contributed by atoms with Gasteiger partial charge in [-0.1, -0.05) is 12.1 Å². The lowest BCUT2D eigenvalue weighted by Gasteiger charge is -2.14. The van der Waals surface area contributed by atoms with Crippen molar-refractivity contribution in [1.82, 2.24) is 9.97 Å². The maximum atomic E-state index is 13.5. The molecule has 140 valence electrons. The number of aromatic nitrogens is 2. The molecule has 0 spiro atoms. The third kappa shape index (κ3) is 3.57. The van der Waals surface area contributed by atoms with Gasteiger partial charge in [-0.25, -0.2) is 27.5 Å². The quantitative estimate of drug-likeness (QED) is 0.445. The molecule has 0 bridgehead atoms. The van der Waals surface area contributed by atoms with E-state index in [1.807, 2.05) is 0 Å². The summed E-state index contributed by atoms with van der Waals surface area (Å²) in [6, 6.07) is 13.6. The smallest absolute Gasteiger partial charge is 0.174 e. The first kappa shape index (κ1) is 17.7. The molecule has 0 aliphatic carbocycles. The van der Waals surface area contributed by atoms with Gasteiger partial charge in [0, 0.05) is 23.5 Å². The van der Waals surface area contributed by atoms with E-state index in [0.717, 1.165) is 24.3 Å². The van der Waals surface area contributed by atoms with Crippen molar-refractivity contribution in [1.29, 1.82) is 0 Å². The number of halogens is 4. The van der Waals surface area contributed by atoms with Gasteiger partial charge in [0.05, 0.1) is 11.0 Å². The Kier molecular flexibility index (Phi) is 4.52. The van der Waals surface area contributed by atoms with Crippen LogP contribution in [0.2, 0.25) is 0 Å². The lowest BCUT2D eigenvalue weighted by molar-refractivity contribution is 0.509. The molecule has 0 unspecified atom stereocenters. The first-order valence-corrected chi connectivity index (χ1v) is 8.20. The summed E-state index contributed by atoms with van der Waals surface area (Å²) in [5.41, 5.74) is 1.61. The number of hydrogen-bond donors (Lipinski definition) is 2. The fourth-order valence-corrected chi connectivity index (χ4v) is 2.60. The summed E-state index contributed by atoms with van der Waals surface area (Å²) < 4.78 is 53.4.